The predicted octanol–water partition coefficient (Wildman–Crippen LogP) is 2.83. The van der Waals surface area contributed by atoms with E-state index in [1.54, 1.807) is 23.5 Å². The molecule has 1 atom stereocenters. The van der Waals surface area contributed by atoms with E-state index in [0.29, 0.717) is 6.54 Å². The van der Waals surface area contributed by atoms with E-state index in [1.807, 2.05) is 0 Å². The van der Waals surface area contributed by atoms with E-state index >= 15 is 0 Å². The van der Waals surface area contributed by atoms with Gasteiger partial charge in [-0.05, 0) is 36.4 Å². The summed E-state index contributed by atoms with van der Waals surface area (Å²) in [5.74, 6) is -0.401. The zero-order chi connectivity index (χ0) is 17.1. The van der Waals surface area contributed by atoms with Crippen LogP contribution in [0.2, 0.25) is 0 Å². The molecule has 7 heteroatoms. The topological polar surface area (TPSA) is 75.5 Å². The van der Waals surface area contributed by atoms with E-state index in [2.05, 4.69) is 28.6 Å². The summed E-state index contributed by atoms with van der Waals surface area (Å²) in [6.07, 6.45) is 1.04. The number of carbonyl (C=O) groups is 1. The maximum Gasteiger partial charge on any atom is 0.282 e. The molecule has 1 aliphatic rings. The number of carbonyl (C=O) groups excluding carboxylic acids is 1. The zero-order valence-corrected chi connectivity index (χ0v) is 14.2. The van der Waals surface area contributed by atoms with Gasteiger partial charge in [-0.25, -0.2) is 0 Å². The first-order chi connectivity index (χ1) is 11.6. The van der Waals surface area contributed by atoms with Gasteiger partial charge >= 0.3 is 0 Å². The highest BCUT2D eigenvalue weighted by molar-refractivity contribution is 7.10. The molecule has 2 heterocycles. The number of rotatable bonds is 5. The number of nitro groups is 1. The average Bonchev–Trinajstić information content (AvgIpc) is 3.06. The number of thiophene rings is 1. The lowest BCUT2D eigenvalue weighted by Gasteiger charge is -2.32. The Hall–Kier alpha value is -2.25. The SMILES string of the molecule is CC(CNC(=O)c1ccccc1[N+](=O)[O-])N1CCc2sccc2C1. The lowest BCUT2D eigenvalue weighted by atomic mass is 10.1. The van der Waals surface area contributed by atoms with Gasteiger partial charge < -0.3 is 5.32 Å². The monoisotopic (exact) mass is 345 g/mol. The summed E-state index contributed by atoms with van der Waals surface area (Å²) in [7, 11) is 0. The third-order valence-corrected chi connectivity index (χ3v) is 5.39. The van der Waals surface area contributed by atoms with Crippen molar-refractivity contribution < 1.29 is 9.72 Å². The predicted molar refractivity (Wildman–Crippen MR) is 93.3 cm³/mol. The van der Waals surface area contributed by atoms with Crippen LogP contribution in [0.4, 0.5) is 5.69 Å². The standard InChI is InChI=1S/C17H19N3O3S/c1-12(19-8-6-16-13(11-19)7-9-24-16)10-18-17(21)14-4-2-3-5-15(14)20(22)23/h2-5,7,9,12H,6,8,10-11H2,1H3,(H,18,21). The number of hydrogen-bond donors (Lipinski definition) is 1. The smallest absolute Gasteiger partial charge is 0.282 e. The Labute approximate surface area is 144 Å². The molecule has 24 heavy (non-hydrogen) atoms. The van der Waals surface area contributed by atoms with E-state index in [9.17, 15) is 14.9 Å². The minimum Gasteiger partial charge on any atom is -0.350 e. The Kier molecular flexibility index (Phi) is 4.92. The van der Waals surface area contributed by atoms with Gasteiger partial charge in [-0.2, -0.15) is 0 Å². The molecule has 0 spiro atoms. The van der Waals surface area contributed by atoms with E-state index in [-0.39, 0.29) is 17.3 Å². The van der Waals surface area contributed by atoms with Crippen LogP contribution in [0, 0.1) is 10.1 Å². The summed E-state index contributed by atoms with van der Waals surface area (Å²) in [6.45, 7) is 4.39. The van der Waals surface area contributed by atoms with E-state index in [4.69, 9.17) is 0 Å². The molecule has 1 aromatic heterocycles. The van der Waals surface area contributed by atoms with Crippen LogP contribution < -0.4 is 5.32 Å². The third-order valence-electron chi connectivity index (χ3n) is 4.36. The Morgan fingerprint density at radius 1 is 1.42 bits per heavy atom. The summed E-state index contributed by atoms with van der Waals surface area (Å²) in [4.78, 5) is 26.6. The number of nitro benzene ring substituents is 1. The van der Waals surface area contributed by atoms with Gasteiger partial charge in [0, 0.05) is 36.6 Å². The number of nitrogens with one attached hydrogen (secondary N) is 1. The zero-order valence-electron chi connectivity index (χ0n) is 13.4. The van der Waals surface area contributed by atoms with Crippen LogP contribution in [0.1, 0.15) is 27.7 Å². The summed E-state index contributed by atoms with van der Waals surface area (Å²) >= 11 is 1.80. The molecule has 1 N–H and O–H groups in total. The number of amides is 1. The maximum atomic E-state index is 12.3. The van der Waals surface area contributed by atoms with E-state index in [0.717, 1.165) is 19.5 Å². The van der Waals surface area contributed by atoms with Crippen LogP contribution >= 0.6 is 11.3 Å². The first-order valence-electron chi connectivity index (χ1n) is 7.87. The van der Waals surface area contributed by atoms with Gasteiger partial charge in [-0.15, -0.1) is 11.3 Å². The van der Waals surface area contributed by atoms with E-state index < -0.39 is 10.8 Å². The molecule has 2 aromatic rings. The van der Waals surface area contributed by atoms with Gasteiger partial charge in [0.2, 0.25) is 0 Å². The van der Waals surface area contributed by atoms with Crippen molar-refractivity contribution in [3.05, 3.63) is 61.8 Å². The quantitative estimate of drug-likeness (QED) is 0.668. The summed E-state index contributed by atoms with van der Waals surface area (Å²) in [5, 5.41) is 16.0. The summed E-state index contributed by atoms with van der Waals surface area (Å²) < 4.78 is 0. The van der Waals surface area contributed by atoms with Crippen molar-refractivity contribution in [3.8, 4) is 0 Å². The molecule has 3 rings (SSSR count). The highest BCUT2D eigenvalue weighted by Gasteiger charge is 2.23. The molecule has 1 amide bonds. The molecular weight excluding hydrogens is 326 g/mol. The lowest BCUT2D eigenvalue weighted by molar-refractivity contribution is -0.385. The van der Waals surface area contributed by atoms with Gasteiger partial charge in [-0.1, -0.05) is 12.1 Å². The minimum atomic E-state index is -0.527. The molecule has 6 nitrogen and oxygen atoms in total. The minimum absolute atomic E-state index is 0.105. The second-order valence-corrected chi connectivity index (χ2v) is 6.92. The molecule has 0 radical (unpaired) electrons. The molecule has 0 fully saturated rings. The van der Waals surface area contributed by atoms with Crippen molar-refractivity contribution in [1.82, 2.24) is 10.2 Å². The molecule has 0 bridgehead atoms. The molecular formula is C17H19N3O3S. The van der Waals surface area contributed by atoms with Crippen LogP contribution in [-0.4, -0.2) is 34.9 Å². The fourth-order valence-corrected chi connectivity index (χ4v) is 3.83. The largest absolute Gasteiger partial charge is 0.350 e. The fourth-order valence-electron chi connectivity index (χ4n) is 2.94. The average molecular weight is 345 g/mol. The second-order valence-electron chi connectivity index (χ2n) is 5.92. The van der Waals surface area contributed by atoms with Crippen LogP contribution in [-0.2, 0) is 13.0 Å². The summed E-state index contributed by atoms with van der Waals surface area (Å²) in [5.41, 5.74) is 1.31. The van der Waals surface area contributed by atoms with Gasteiger partial charge in [0.05, 0.1) is 4.92 Å². The van der Waals surface area contributed by atoms with Crippen molar-refractivity contribution in [2.75, 3.05) is 13.1 Å². The molecule has 0 saturated carbocycles. The van der Waals surface area contributed by atoms with Crippen molar-refractivity contribution >= 4 is 22.9 Å². The van der Waals surface area contributed by atoms with Crippen molar-refractivity contribution in [1.29, 1.82) is 0 Å². The number of para-hydroxylation sites is 1. The lowest BCUT2D eigenvalue weighted by Crippen LogP contribution is -2.44. The van der Waals surface area contributed by atoms with Gasteiger partial charge in [0.1, 0.15) is 5.56 Å². The molecule has 1 aromatic carbocycles. The second kappa shape index (κ2) is 7.11. The molecule has 0 aliphatic carbocycles. The first kappa shape index (κ1) is 16.6. The normalized spacial score (nSPS) is 15.5. The maximum absolute atomic E-state index is 12.3. The number of hydrogen-bond acceptors (Lipinski definition) is 5. The highest BCUT2D eigenvalue weighted by Crippen LogP contribution is 2.25. The Bertz CT molecular complexity index is 759. The molecule has 126 valence electrons. The number of benzene rings is 1. The van der Waals surface area contributed by atoms with E-state index in [1.165, 1.54) is 22.6 Å². The Balaban J connectivity index is 1.60. The van der Waals surface area contributed by atoms with Gasteiger partial charge in [0.25, 0.3) is 11.6 Å². The van der Waals surface area contributed by atoms with Crippen molar-refractivity contribution in [2.24, 2.45) is 0 Å². The van der Waals surface area contributed by atoms with Gasteiger partial charge in [0.15, 0.2) is 0 Å². The molecule has 1 aliphatic heterocycles. The number of fused-ring (bicyclic) bond motifs is 1. The van der Waals surface area contributed by atoms with Crippen molar-refractivity contribution in [3.63, 3.8) is 0 Å². The Morgan fingerprint density at radius 3 is 3.00 bits per heavy atom. The van der Waals surface area contributed by atoms with Crippen LogP contribution in [0.5, 0.6) is 0 Å². The first-order valence-corrected chi connectivity index (χ1v) is 8.75. The van der Waals surface area contributed by atoms with Crippen LogP contribution in [0.3, 0.4) is 0 Å². The summed E-state index contributed by atoms with van der Waals surface area (Å²) in [6, 6.07) is 8.35. The third kappa shape index (κ3) is 3.47. The van der Waals surface area contributed by atoms with Crippen molar-refractivity contribution in [2.45, 2.75) is 25.9 Å². The van der Waals surface area contributed by atoms with Crippen LogP contribution in [0.25, 0.3) is 0 Å². The fraction of sp³-hybridized carbons (Fsp3) is 0.353. The Morgan fingerprint density at radius 2 is 2.21 bits per heavy atom. The number of nitrogens with zero attached hydrogens (tertiary/aromatic N) is 2. The highest BCUT2D eigenvalue weighted by atomic mass is 32.1. The molecule has 0 saturated heterocycles. The van der Waals surface area contributed by atoms with Gasteiger partial charge in [-0.3, -0.25) is 19.8 Å². The molecule has 1 unspecified atom stereocenters. The van der Waals surface area contributed by atoms with Crippen LogP contribution in [0.15, 0.2) is 35.7 Å².